The lowest BCUT2D eigenvalue weighted by Crippen LogP contribution is -2.23. The summed E-state index contributed by atoms with van der Waals surface area (Å²) in [6.07, 6.45) is 7.82. The van der Waals surface area contributed by atoms with E-state index in [-0.39, 0.29) is 11.9 Å². The number of H-pyrrole nitrogens is 1. The van der Waals surface area contributed by atoms with E-state index in [1.807, 2.05) is 13.1 Å². The van der Waals surface area contributed by atoms with Gasteiger partial charge < -0.3 is 10.1 Å². The number of nitrogens with one attached hydrogen (secondary N) is 2. The zero-order valence-corrected chi connectivity index (χ0v) is 18.3. The molecule has 1 aromatic carbocycles. The van der Waals surface area contributed by atoms with E-state index in [4.69, 9.17) is 4.74 Å². The quantitative estimate of drug-likeness (QED) is 0.344. The summed E-state index contributed by atoms with van der Waals surface area (Å²) in [7, 11) is 0. The van der Waals surface area contributed by atoms with E-state index in [0.29, 0.717) is 13.0 Å². The molecule has 0 radical (unpaired) electrons. The number of ether oxygens (including phenoxy) is 1. The van der Waals surface area contributed by atoms with E-state index in [2.05, 4.69) is 43.9 Å². The van der Waals surface area contributed by atoms with Crippen molar-refractivity contribution in [1.29, 1.82) is 0 Å². The van der Waals surface area contributed by atoms with Gasteiger partial charge in [-0.05, 0) is 50.1 Å². The van der Waals surface area contributed by atoms with Gasteiger partial charge >= 0.3 is 5.97 Å². The van der Waals surface area contributed by atoms with E-state index >= 15 is 0 Å². The van der Waals surface area contributed by atoms with Crippen molar-refractivity contribution in [3.63, 3.8) is 0 Å². The number of aromatic amines is 1. The molecule has 154 valence electrons. The Morgan fingerprint density at radius 2 is 2.30 bits per heavy atom. The number of rotatable bonds is 5. The largest absolute Gasteiger partial charge is 0.466 e. The number of fused-ring (bicyclic) bond motifs is 4. The third-order valence-corrected chi connectivity index (χ3v) is 7.42. The molecule has 5 rings (SSSR count). The average Bonchev–Trinajstić information content (AvgIpc) is 3.36. The average molecular weight is 440 g/mol. The lowest BCUT2D eigenvalue weighted by Gasteiger charge is -2.20. The van der Waals surface area contributed by atoms with Crippen molar-refractivity contribution in [2.75, 3.05) is 18.2 Å². The van der Waals surface area contributed by atoms with Gasteiger partial charge in [0.2, 0.25) is 0 Å². The van der Waals surface area contributed by atoms with Crippen LogP contribution in [0.3, 0.4) is 0 Å². The summed E-state index contributed by atoms with van der Waals surface area (Å²) in [6.45, 7) is 2.27. The van der Waals surface area contributed by atoms with Gasteiger partial charge in [-0.25, -0.2) is 9.97 Å². The van der Waals surface area contributed by atoms with Gasteiger partial charge in [-0.15, -0.1) is 23.1 Å². The Morgan fingerprint density at radius 1 is 1.40 bits per heavy atom. The first kappa shape index (κ1) is 19.3. The molecular formula is C21H21N5O2S2. The number of benzene rings is 1. The number of nitrogens with zero attached hydrogens (tertiary/aromatic N) is 3. The molecule has 9 heteroatoms. The highest BCUT2D eigenvalue weighted by Crippen LogP contribution is 2.41. The second-order valence-electron chi connectivity index (χ2n) is 7.23. The van der Waals surface area contributed by atoms with Gasteiger partial charge in [-0.1, -0.05) is 0 Å². The number of hydrogen-bond acceptors (Lipinski definition) is 8. The van der Waals surface area contributed by atoms with Gasteiger partial charge in [0.1, 0.15) is 17.0 Å². The Kier molecular flexibility index (Phi) is 5.08. The first-order valence-corrected chi connectivity index (χ1v) is 11.9. The fraction of sp³-hybridized carbons (Fsp3) is 0.333. The van der Waals surface area contributed by atoms with Gasteiger partial charge in [-0.3, -0.25) is 9.89 Å². The highest BCUT2D eigenvalue weighted by molar-refractivity contribution is 7.98. The minimum atomic E-state index is -0.0944. The summed E-state index contributed by atoms with van der Waals surface area (Å²) in [5.74, 6) is 0.648. The smallest absolute Gasteiger partial charge is 0.309 e. The molecule has 0 bridgehead atoms. The van der Waals surface area contributed by atoms with Crippen LogP contribution < -0.4 is 5.32 Å². The summed E-state index contributed by atoms with van der Waals surface area (Å²) < 4.78 is 5.24. The van der Waals surface area contributed by atoms with Crippen LogP contribution in [-0.4, -0.2) is 39.0 Å². The molecule has 1 atom stereocenters. The minimum absolute atomic E-state index is 0.0681. The van der Waals surface area contributed by atoms with E-state index in [9.17, 15) is 4.79 Å². The summed E-state index contributed by atoms with van der Waals surface area (Å²) >= 11 is 3.33. The molecular weight excluding hydrogens is 418 g/mol. The van der Waals surface area contributed by atoms with Crippen LogP contribution in [0.1, 0.15) is 23.8 Å². The van der Waals surface area contributed by atoms with Crippen molar-refractivity contribution in [2.24, 2.45) is 5.92 Å². The zero-order chi connectivity index (χ0) is 20.7. The van der Waals surface area contributed by atoms with Crippen LogP contribution in [0.15, 0.2) is 29.6 Å². The Bertz CT molecular complexity index is 1250. The SMILES string of the molecule is CCOC(=O)C1CCc2c(sc3ncnc(Nc4cc5cn[nH]c5cc4SC)c23)C1. The van der Waals surface area contributed by atoms with Crippen LogP contribution in [-0.2, 0) is 22.4 Å². The number of aryl methyl sites for hydroxylation is 1. The second kappa shape index (κ2) is 7.88. The molecule has 0 aliphatic heterocycles. The maximum Gasteiger partial charge on any atom is 0.309 e. The number of carbonyl (C=O) groups is 1. The maximum atomic E-state index is 12.2. The fourth-order valence-electron chi connectivity index (χ4n) is 4.03. The highest BCUT2D eigenvalue weighted by atomic mass is 32.2. The second-order valence-corrected chi connectivity index (χ2v) is 9.16. The third kappa shape index (κ3) is 3.31. The van der Waals surface area contributed by atoms with Gasteiger partial charge in [0.25, 0.3) is 0 Å². The monoisotopic (exact) mass is 439 g/mol. The molecule has 0 spiro atoms. The lowest BCUT2D eigenvalue weighted by molar-refractivity contribution is -0.148. The number of thiophene rings is 1. The number of esters is 1. The minimum Gasteiger partial charge on any atom is -0.466 e. The van der Waals surface area contributed by atoms with Gasteiger partial charge in [0.15, 0.2) is 0 Å². The lowest BCUT2D eigenvalue weighted by atomic mass is 9.88. The van der Waals surface area contributed by atoms with Crippen LogP contribution >= 0.6 is 23.1 Å². The fourth-order valence-corrected chi connectivity index (χ4v) is 5.86. The Morgan fingerprint density at radius 3 is 3.13 bits per heavy atom. The van der Waals surface area contributed by atoms with Crippen LogP contribution in [0.4, 0.5) is 11.5 Å². The number of aromatic nitrogens is 4. The molecule has 4 aromatic rings. The van der Waals surface area contributed by atoms with Crippen LogP contribution in [0, 0.1) is 5.92 Å². The molecule has 30 heavy (non-hydrogen) atoms. The number of anilines is 2. The molecule has 0 amide bonds. The first-order valence-electron chi connectivity index (χ1n) is 9.88. The maximum absolute atomic E-state index is 12.2. The van der Waals surface area contributed by atoms with Crippen molar-refractivity contribution in [1.82, 2.24) is 20.2 Å². The Labute approximate surface area is 181 Å². The third-order valence-electron chi connectivity index (χ3n) is 5.48. The van der Waals surface area contributed by atoms with Crippen LogP contribution in [0.2, 0.25) is 0 Å². The molecule has 3 aromatic heterocycles. The van der Waals surface area contributed by atoms with Gasteiger partial charge in [0, 0.05) is 15.2 Å². The molecule has 0 saturated carbocycles. The number of carbonyl (C=O) groups excluding carboxylic acids is 1. The Hall–Kier alpha value is -2.65. The van der Waals surface area contributed by atoms with Crippen molar-refractivity contribution >= 4 is 61.7 Å². The van der Waals surface area contributed by atoms with Crippen LogP contribution in [0.5, 0.6) is 0 Å². The van der Waals surface area contributed by atoms with Crippen molar-refractivity contribution in [2.45, 2.75) is 31.1 Å². The van der Waals surface area contributed by atoms with Gasteiger partial charge in [0.05, 0.1) is 35.3 Å². The van der Waals surface area contributed by atoms with E-state index in [1.54, 1.807) is 29.4 Å². The Balaban J connectivity index is 1.53. The summed E-state index contributed by atoms with van der Waals surface area (Å²) in [5, 5.41) is 12.8. The normalized spacial score (nSPS) is 16.0. The van der Waals surface area contributed by atoms with Crippen molar-refractivity contribution in [3.05, 3.63) is 35.1 Å². The number of hydrogen-bond donors (Lipinski definition) is 2. The topological polar surface area (TPSA) is 92.8 Å². The van der Waals surface area contributed by atoms with Crippen molar-refractivity contribution in [3.8, 4) is 0 Å². The number of thioether (sulfide) groups is 1. The highest BCUT2D eigenvalue weighted by Gasteiger charge is 2.30. The predicted molar refractivity (Wildman–Crippen MR) is 121 cm³/mol. The molecule has 1 aliphatic rings. The van der Waals surface area contributed by atoms with Gasteiger partial charge in [-0.2, -0.15) is 5.10 Å². The summed E-state index contributed by atoms with van der Waals surface area (Å²) in [6, 6.07) is 4.19. The molecule has 1 unspecified atom stereocenters. The van der Waals surface area contributed by atoms with Crippen molar-refractivity contribution < 1.29 is 9.53 Å². The molecule has 0 saturated heterocycles. The molecule has 3 heterocycles. The first-order chi connectivity index (χ1) is 14.7. The molecule has 2 N–H and O–H groups in total. The van der Waals surface area contributed by atoms with Crippen LogP contribution in [0.25, 0.3) is 21.1 Å². The predicted octanol–water partition coefficient (Wildman–Crippen LogP) is 4.70. The van der Waals surface area contributed by atoms with E-state index < -0.39 is 0 Å². The standard InChI is InChI=1S/C21H21N5O2S2/c1-3-28-21(27)11-4-5-13-16(7-11)30-20-18(13)19(22-10-23-20)25-15-6-12-9-24-26-14(12)8-17(15)29-2/h6,8-11H,3-5,7H2,1-2H3,(H,24,26)(H,22,23,25). The molecule has 7 nitrogen and oxygen atoms in total. The molecule has 0 fully saturated rings. The summed E-state index contributed by atoms with van der Waals surface area (Å²) in [4.78, 5) is 24.6. The molecule has 1 aliphatic carbocycles. The zero-order valence-electron chi connectivity index (χ0n) is 16.7. The van der Waals surface area contributed by atoms with E-state index in [0.717, 1.165) is 50.4 Å². The summed E-state index contributed by atoms with van der Waals surface area (Å²) in [5.41, 5.74) is 3.26. The van der Waals surface area contributed by atoms with E-state index in [1.165, 1.54) is 10.4 Å².